The lowest BCUT2D eigenvalue weighted by atomic mass is 10.4. The molecule has 2 aromatic rings. The first-order valence-electron chi connectivity index (χ1n) is 4.29. The summed E-state index contributed by atoms with van der Waals surface area (Å²) in [6, 6.07) is 0. The van der Waals surface area contributed by atoms with Crippen LogP contribution in [0.1, 0.15) is 17.1 Å². The SMILES string of the molecule is Cc1ncsc1-c1nc(CN)c(C)o1. The lowest BCUT2D eigenvalue weighted by Gasteiger charge is -1.88. The van der Waals surface area contributed by atoms with E-state index in [9.17, 15) is 0 Å². The maximum atomic E-state index is 5.52. The number of nitrogens with two attached hydrogens (primary N) is 1. The van der Waals surface area contributed by atoms with E-state index in [1.165, 1.54) is 11.3 Å². The van der Waals surface area contributed by atoms with Crippen LogP contribution in [-0.2, 0) is 6.54 Å². The Morgan fingerprint density at radius 2 is 2.29 bits per heavy atom. The third-order valence-corrected chi connectivity index (χ3v) is 2.94. The van der Waals surface area contributed by atoms with Crippen LogP contribution in [0, 0.1) is 13.8 Å². The molecule has 0 aliphatic rings. The number of hydrogen-bond donors (Lipinski definition) is 1. The summed E-state index contributed by atoms with van der Waals surface area (Å²) >= 11 is 1.53. The molecule has 0 bridgehead atoms. The molecule has 0 saturated carbocycles. The van der Waals surface area contributed by atoms with E-state index in [1.807, 2.05) is 13.8 Å². The minimum atomic E-state index is 0.410. The van der Waals surface area contributed by atoms with Gasteiger partial charge in [0.05, 0.1) is 16.9 Å². The molecule has 0 atom stereocenters. The fraction of sp³-hybridized carbons (Fsp3) is 0.333. The summed E-state index contributed by atoms with van der Waals surface area (Å²) in [6.07, 6.45) is 0. The lowest BCUT2D eigenvalue weighted by Crippen LogP contribution is -1.97. The van der Waals surface area contributed by atoms with Crippen LogP contribution in [0.5, 0.6) is 0 Å². The summed E-state index contributed by atoms with van der Waals surface area (Å²) < 4.78 is 5.51. The molecule has 0 aromatic carbocycles. The molecular formula is C9H11N3OS. The van der Waals surface area contributed by atoms with Crippen molar-refractivity contribution in [3.05, 3.63) is 22.7 Å². The molecule has 0 unspecified atom stereocenters. The van der Waals surface area contributed by atoms with Gasteiger partial charge < -0.3 is 10.2 Å². The van der Waals surface area contributed by atoms with Gasteiger partial charge in [0.25, 0.3) is 0 Å². The summed E-state index contributed by atoms with van der Waals surface area (Å²) in [5.74, 6) is 1.42. The monoisotopic (exact) mass is 209 g/mol. The Bertz CT molecular complexity index is 447. The van der Waals surface area contributed by atoms with E-state index >= 15 is 0 Å². The largest absolute Gasteiger partial charge is 0.440 e. The van der Waals surface area contributed by atoms with Crippen molar-refractivity contribution < 1.29 is 4.42 Å². The predicted molar refractivity (Wildman–Crippen MR) is 55.0 cm³/mol. The average Bonchev–Trinajstić information content (AvgIpc) is 2.71. The summed E-state index contributed by atoms with van der Waals surface area (Å²) in [6.45, 7) is 4.22. The van der Waals surface area contributed by atoms with Crippen LogP contribution in [0.4, 0.5) is 0 Å². The topological polar surface area (TPSA) is 64.9 Å². The minimum absolute atomic E-state index is 0.410. The van der Waals surface area contributed by atoms with Crippen LogP contribution in [0.3, 0.4) is 0 Å². The number of thiazole rings is 1. The van der Waals surface area contributed by atoms with Gasteiger partial charge >= 0.3 is 0 Å². The van der Waals surface area contributed by atoms with Gasteiger partial charge in [-0.25, -0.2) is 9.97 Å². The van der Waals surface area contributed by atoms with E-state index < -0.39 is 0 Å². The third-order valence-electron chi connectivity index (χ3n) is 2.03. The predicted octanol–water partition coefficient (Wildman–Crippen LogP) is 1.87. The van der Waals surface area contributed by atoms with Gasteiger partial charge in [-0.1, -0.05) is 0 Å². The highest BCUT2D eigenvalue weighted by Gasteiger charge is 2.13. The van der Waals surface area contributed by atoms with Crippen molar-refractivity contribution in [2.24, 2.45) is 5.73 Å². The van der Waals surface area contributed by atoms with Crippen LogP contribution >= 0.6 is 11.3 Å². The molecule has 14 heavy (non-hydrogen) atoms. The summed E-state index contributed by atoms with van der Waals surface area (Å²) in [7, 11) is 0. The van der Waals surface area contributed by atoms with Crippen LogP contribution < -0.4 is 5.73 Å². The van der Waals surface area contributed by atoms with Crippen molar-refractivity contribution in [1.82, 2.24) is 9.97 Å². The van der Waals surface area contributed by atoms with Gasteiger partial charge in [0.2, 0.25) is 5.89 Å². The first-order valence-corrected chi connectivity index (χ1v) is 5.17. The number of aryl methyl sites for hydroxylation is 2. The number of nitrogens with zero attached hydrogens (tertiary/aromatic N) is 2. The van der Waals surface area contributed by atoms with Crippen molar-refractivity contribution in [1.29, 1.82) is 0 Å². The second-order valence-corrected chi connectivity index (χ2v) is 3.85. The van der Waals surface area contributed by atoms with Crippen molar-refractivity contribution >= 4 is 11.3 Å². The first kappa shape index (κ1) is 9.36. The molecule has 2 rings (SSSR count). The van der Waals surface area contributed by atoms with Crippen LogP contribution in [0.25, 0.3) is 10.8 Å². The summed E-state index contributed by atoms with van der Waals surface area (Å²) in [5.41, 5.74) is 9.06. The van der Waals surface area contributed by atoms with Crippen molar-refractivity contribution in [3.8, 4) is 10.8 Å². The molecule has 0 spiro atoms. The zero-order valence-corrected chi connectivity index (χ0v) is 8.89. The summed E-state index contributed by atoms with van der Waals surface area (Å²) in [4.78, 5) is 9.43. The van der Waals surface area contributed by atoms with Crippen molar-refractivity contribution in [2.45, 2.75) is 20.4 Å². The van der Waals surface area contributed by atoms with Crippen molar-refractivity contribution in [3.63, 3.8) is 0 Å². The van der Waals surface area contributed by atoms with Crippen LogP contribution in [0.2, 0.25) is 0 Å². The smallest absolute Gasteiger partial charge is 0.238 e. The third kappa shape index (κ3) is 1.44. The zero-order chi connectivity index (χ0) is 10.1. The molecular weight excluding hydrogens is 198 g/mol. The zero-order valence-electron chi connectivity index (χ0n) is 8.07. The molecule has 2 heterocycles. The summed E-state index contributed by atoms with van der Waals surface area (Å²) in [5, 5.41) is 0. The Hall–Kier alpha value is -1.20. The fourth-order valence-electron chi connectivity index (χ4n) is 1.22. The molecule has 0 aliphatic heterocycles. The molecule has 4 nitrogen and oxygen atoms in total. The Morgan fingerprint density at radius 3 is 2.79 bits per heavy atom. The van der Waals surface area contributed by atoms with E-state index in [1.54, 1.807) is 5.51 Å². The van der Waals surface area contributed by atoms with E-state index in [0.717, 1.165) is 22.0 Å². The highest BCUT2D eigenvalue weighted by Crippen LogP contribution is 2.27. The molecule has 0 radical (unpaired) electrons. The molecule has 74 valence electrons. The molecule has 0 amide bonds. The Kier molecular flexibility index (Phi) is 2.35. The fourth-order valence-corrected chi connectivity index (χ4v) is 1.95. The Labute approximate surface area is 85.8 Å². The second kappa shape index (κ2) is 3.51. The maximum absolute atomic E-state index is 5.52. The standard InChI is InChI=1S/C9H11N3OS/c1-5-8(14-4-11-5)9-12-7(3-10)6(2)13-9/h4H,3,10H2,1-2H3. The highest BCUT2D eigenvalue weighted by molar-refractivity contribution is 7.13. The van der Waals surface area contributed by atoms with Gasteiger partial charge in [-0.3, -0.25) is 0 Å². The molecule has 2 N–H and O–H groups in total. The Morgan fingerprint density at radius 1 is 1.50 bits per heavy atom. The number of hydrogen-bond acceptors (Lipinski definition) is 5. The van der Waals surface area contributed by atoms with Gasteiger partial charge in [0.1, 0.15) is 10.6 Å². The van der Waals surface area contributed by atoms with E-state index in [-0.39, 0.29) is 0 Å². The lowest BCUT2D eigenvalue weighted by molar-refractivity contribution is 0.540. The van der Waals surface area contributed by atoms with Gasteiger partial charge in [-0.15, -0.1) is 11.3 Å². The molecule has 0 saturated heterocycles. The normalized spacial score (nSPS) is 10.8. The molecule has 5 heteroatoms. The van der Waals surface area contributed by atoms with E-state index in [2.05, 4.69) is 9.97 Å². The molecule has 0 fully saturated rings. The van der Waals surface area contributed by atoms with Crippen molar-refractivity contribution in [2.75, 3.05) is 0 Å². The average molecular weight is 209 g/mol. The van der Waals surface area contributed by atoms with Crippen LogP contribution in [0.15, 0.2) is 9.93 Å². The second-order valence-electron chi connectivity index (χ2n) is 2.99. The Balaban J connectivity index is 2.47. The highest BCUT2D eigenvalue weighted by atomic mass is 32.1. The van der Waals surface area contributed by atoms with E-state index in [0.29, 0.717) is 12.4 Å². The maximum Gasteiger partial charge on any atom is 0.238 e. The van der Waals surface area contributed by atoms with Crippen LogP contribution in [-0.4, -0.2) is 9.97 Å². The van der Waals surface area contributed by atoms with E-state index in [4.69, 9.17) is 10.2 Å². The minimum Gasteiger partial charge on any atom is -0.440 e. The van der Waals surface area contributed by atoms with Gasteiger partial charge in [0, 0.05) is 6.54 Å². The number of oxazole rings is 1. The van der Waals surface area contributed by atoms with Gasteiger partial charge in [-0.2, -0.15) is 0 Å². The van der Waals surface area contributed by atoms with Gasteiger partial charge in [-0.05, 0) is 13.8 Å². The quantitative estimate of drug-likeness (QED) is 0.820. The molecule has 0 aliphatic carbocycles. The first-order chi connectivity index (χ1) is 6.72. The van der Waals surface area contributed by atoms with Gasteiger partial charge in [0.15, 0.2) is 0 Å². The number of aromatic nitrogens is 2. The molecule has 2 aromatic heterocycles. The number of rotatable bonds is 2.